The van der Waals surface area contributed by atoms with Crippen molar-refractivity contribution in [3.8, 4) is 17.2 Å². The van der Waals surface area contributed by atoms with Crippen molar-refractivity contribution in [3.05, 3.63) is 58.9 Å². The van der Waals surface area contributed by atoms with Crippen LogP contribution in [0.25, 0.3) is 11.1 Å². The highest BCUT2D eigenvalue weighted by Crippen LogP contribution is 2.30. The third-order valence-corrected chi connectivity index (χ3v) is 2.80. The van der Waals surface area contributed by atoms with Gasteiger partial charge in [0.25, 0.3) is 0 Å². The molecule has 2 aromatic carbocycles. The van der Waals surface area contributed by atoms with E-state index in [0.29, 0.717) is 17.0 Å². The van der Waals surface area contributed by atoms with Crippen molar-refractivity contribution in [3.63, 3.8) is 0 Å². The molecule has 0 bridgehead atoms. The number of rotatable bonds is 2. The van der Waals surface area contributed by atoms with Gasteiger partial charge in [0.15, 0.2) is 0 Å². The number of nitrogens with zero attached hydrogens (tertiary/aromatic N) is 1. The summed E-state index contributed by atoms with van der Waals surface area (Å²) in [5.74, 6) is -0.342. The molecule has 84 valence electrons. The first-order valence-corrected chi connectivity index (χ1v) is 5.50. The summed E-state index contributed by atoms with van der Waals surface area (Å²) in [6, 6.07) is 13.8. The van der Waals surface area contributed by atoms with E-state index in [0.717, 1.165) is 11.1 Å². The van der Waals surface area contributed by atoms with E-state index in [2.05, 4.69) is 6.07 Å². The minimum absolute atomic E-state index is 0.342. The fourth-order valence-electron chi connectivity index (χ4n) is 1.65. The van der Waals surface area contributed by atoms with Gasteiger partial charge in [0.1, 0.15) is 5.82 Å². The van der Waals surface area contributed by atoms with E-state index in [-0.39, 0.29) is 5.82 Å². The van der Waals surface area contributed by atoms with Gasteiger partial charge in [-0.25, -0.2) is 4.39 Å². The van der Waals surface area contributed by atoms with Gasteiger partial charge in [-0.15, -0.1) is 0 Å². The fourth-order valence-corrected chi connectivity index (χ4v) is 1.93. The van der Waals surface area contributed by atoms with Crippen molar-refractivity contribution in [1.82, 2.24) is 0 Å². The lowest BCUT2D eigenvalue weighted by Gasteiger charge is -2.06. The van der Waals surface area contributed by atoms with Crippen molar-refractivity contribution in [2.24, 2.45) is 0 Å². The normalized spacial score (nSPS) is 9.94. The Bertz CT molecular complexity index is 550. The number of hydrogen-bond donors (Lipinski definition) is 0. The van der Waals surface area contributed by atoms with Gasteiger partial charge >= 0.3 is 0 Å². The Hall–Kier alpha value is -1.85. The smallest absolute Gasteiger partial charge is 0.132 e. The molecule has 0 saturated heterocycles. The van der Waals surface area contributed by atoms with Crippen LogP contribution >= 0.6 is 11.6 Å². The molecular weight excluding hydrogens is 237 g/mol. The molecule has 0 heterocycles. The van der Waals surface area contributed by atoms with Crippen molar-refractivity contribution >= 4 is 11.6 Å². The predicted octanol–water partition coefficient (Wildman–Crippen LogP) is 4.21. The second kappa shape index (κ2) is 4.99. The zero-order valence-electron chi connectivity index (χ0n) is 8.95. The molecule has 0 aliphatic heterocycles. The maximum Gasteiger partial charge on any atom is 0.132 e. The number of halogens is 2. The summed E-state index contributed by atoms with van der Waals surface area (Å²) in [6.45, 7) is 0. The Kier molecular flexibility index (Phi) is 3.41. The molecule has 2 rings (SSSR count). The molecule has 1 nitrogen and oxygen atoms in total. The van der Waals surface area contributed by atoms with E-state index >= 15 is 0 Å². The highest BCUT2D eigenvalue weighted by molar-refractivity contribution is 6.33. The van der Waals surface area contributed by atoms with Crippen LogP contribution in [0.5, 0.6) is 0 Å². The lowest BCUT2D eigenvalue weighted by Crippen LogP contribution is -1.87. The van der Waals surface area contributed by atoms with E-state index < -0.39 is 0 Å². The van der Waals surface area contributed by atoms with E-state index in [1.165, 1.54) is 6.07 Å². The quantitative estimate of drug-likeness (QED) is 0.777. The molecular formula is C14H9ClFN. The SMILES string of the molecule is N#CCc1ccc(-c2c(F)cccc2Cl)cc1. The van der Waals surface area contributed by atoms with Crippen LogP contribution < -0.4 is 0 Å². The van der Waals surface area contributed by atoms with Gasteiger partial charge in [-0.05, 0) is 23.3 Å². The first-order chi connectivity index (χ1) is 8.22. The zero-order chi connectivity index (χ0) is 12.3. The molecule has 0 unspecified atom stereocenters. The first kappa shape index (κ1) is 11.6. The summed E-state index contributed by atoms with van der Waals surface area (Å²) >= 11 is 5.97. The Labute approximate surface area is 104 Å². The van der Waals surface area contributed by atoms with E-state index in [1.807, 2.05) is 0 Å². The van der Waals surface area contributed by atoms with Gasteiger partial charge in [-0.1, -0.05) is 41.9 Å². The molecule has 0 aliphatic rings. The Morgan fingerprint density at radius 1 is 1.12 bits per heavy atom. The van der Waals surface area contributed by atoms with E-state index in [9.17, 15) is 4.39 Å². The molecule has 0 saturated carbocycles. The van der Waals surface area contributed by atoms with Gasteiger partial charge in [0, 0.05) is 5.56 Å². The molecule has 0 spiro atoms. The first-order valence-electron chi connectivity index (χ1n) is 5.12. The van der Waals surface area contributed by atoms with Crippen LogP contribution in [0.1, 0.15) is 5.56 Å². The van der Waals surface area contributed by atoms with Gasteiger partial charge < -0.3 is 0 Å². The average Bonchev–Trinajstić information content (AvgIpc) is 2.31. The van der Waals surface area contributed by atoms with Gasteiger partial charge in [-0.3, -0.25) is 0 Å². The van der Waals surface area contributed by atoms with Gasteiger partial charge in [0.05, 0.1) is 17.5 Å². The monoisotopic (exact) mass is 245 g/mol. The second-order valence-corrected chi connectivity index (χ2v) is 4.04. The Morgan fingerprint density at radius 3 is 2.41 bits per heavy atom. The van der Waals surface area contributed by atoms with E-state index in [1.54, 1.807) is 36.4 Å². The summed E-state index contributed by atoms with van der Waals surface area (Å²) < 4.78 is 13.6. The highest BCUT2D eigenvalue weighted by Gasteiger charge is 2.08. The van der Waals surface area contributed by atoms with Crippen LogP contribution in [-0.4, -0.2) is 0 Å². The molecule has 3 heteroatoms. The van der Waals surface area contributed by atoms with Crippen molar-refractivity contribution in [2.45, 2.75) is 6.42 Å². The Morgan fingerprint density at radius 2 is 1.82 bits per heavy atom. The van der Waals surface area contributed by atoms with Crippen LogP contribution in [0, 0.1) is 17.1 Å². The largest absolute Gasteiger partial charge is 0.206 e. The standard InChI is InChI=1S/C14H9ClFN/c15-12-2-1-3-13(16)14(12)11-6-4-10(5-7-11)8-9-17/h1-7H,8H2. The third-order valence-electron chi connectivity index (χ3n) is 2.49. The fraction of sp³-hybridized carbons (Fsp3) is 0.0714. The predicted molar refractivity (Wildman–Crippen MR) is 66.2 cm³/mol. The lowest BCUT2D eigenvalue weighted by molar-refractivity contribution is 0.631. The summed E-state index contributed by atoms with van der Waals surface area (Å²) in [5.41, 5.74) is 2.02. The number of nitriles is 1. The van der Waals surface area contributed by atoms with E-state index in [4.69, 9.17) is 16.9 Å². The van der Waals surface area contributed by atoms with Crippen molar-refractivity contribution < 1.29 is 4.39 Å². The molecule has 0 aromatic heterocycles. The molecule has 0 aliphatic carbocycles. The minimum atomic E-state index is -0.342. The highest BCUT2D eigenvalue weighted by atomic mass is 35.5. The maximum atomic E-state index is 13.6. The topological polar surface area (TPSA) is 23.8 Å². The molecule has 2 aromatic rings. The molecule has 0 atom stereocenters. The molecule has 0 N–H and O–H groups in total. The van der Waals surface area contributed by atoms with Crippen LogP contribution in [0.4, 0.5) is 4.39 Å². The van der Waals surface area contributed by atoms with Crippen LogP contribution in [0.15, 0.2) is 42.5 Å². The average molecular weight is 246 g/mol. The summed E-state index contributed by atoms with van der Waals surface area (Å²) in [5, 5.41) is 8.95. The number of hydrogen-bond acceptors (Lipinski definition) is 1. The zero-order valence-corrected chi connectivity index (χ0v) is 9.71. The van der Waals surface area contributed by atoms with Gasteiger partial charge in [0.2, 0.25) is 0 Å². The van der Waals surface area contributed by atoms with Crippen LogP contribution in [0.2, 0.25) is 5.02 Å². The Balaban J connectivity index is 2.44. The summed E-state index contributed by atoms with van der Waals surface area (Å²) in [4.78, 5) is 0. The second-order valence-electron chi connectivity index (χ2n) is 3.63. The number of benzene rings is 2. The molecule has 17 heavy (non-hydrogen) atoms. The summed E-state index contributed by atoms with van der Waals surface area (Å²) in [6.07, 6.45) is 0.352. The third kappa shape index (κ3) is 2.46. The van der Waals surface area contributed by atoms with Crippen molar-refractivity contribution in [2.75, 3.05) is 0 Å². The molecule has 0 amide bonds. The van der Waals surface area contributed by atoms with Crippen LogP contribution in [0.3, 0.4) is 0 Å². The molecule has 0 fully saturated rings. The lowest BCUT2D eigenvalue weighted by atomic mass is 10.0. The molecule has 0 radical (unpaired) electrons. The van der Waals surface area contributed by atoms with Crippen LogP contribution in [-0.2, 0) is 6.42 Å². The maximum absolute atomic E-state index is 13.6. The van der Waals surface area contributed by atoms with Crippen molar-refractivity contribution in [1.29, 1.82) is 5.26 Å². The van der Waals surface area contributed by atoms with Gasteiger partial charge in [-0.2, -0.15) is 5.26 Å². The minimum Gasteiger partial charge on any atom is -0.206 e. The summed E-state index contributed by atoms with van der Waals surface area (Å²) in [7, 11) is 0.